The Bertz CT molecular complexity index is 1110. The first kappa shape index (κ1) is 21.4. The number of hydrogen-bond donors (Lipinski definition) is 2. The van der Waals surface area contributed by atoms with Crippen LogP contribution in [0.15, 0.2) is 48.5 Å². The Balaban J connectivity index is 1.61. The number of methoxy groups -OCH3 is 2. The fourth-order valence-corrected chi connectivity index (χ4v) is 3.97. The van der Waals surface area contributed by atoms with Crippen molar-refractivity contribution in [1.82, 2.24) is 25.4 Å². The molecule has 2 N–H and O–H groups in total. The lowest BCUT2D eigenvalue weighted by Gasteiger charge is -2.19. The number of ether oxygens (including phenoxy) is 2. The number of aromatic nitrogens is 3. The highest BCUT2D eigenvalue weighted by molar-refractivity contribution is 5.98. The SMILES string of the molecule is COc1cccc(C(=O)N2C[C@@H](NC(=O)c3ccccc3)[C@H](c3n[nH]c(C)n3)C2)c1OC. The molecule has 1 fully saturated rings. The van der Waals surface area contributed by atoms with Gasteiger partial charge in [-0.15, -0.1) is 0 Å². The summed E-state index contributed by atoms with van der Waals surface area (Å²) in [6, 6.07) is 13.8. The Morgan fingerprint density at radius 3 is 2.50 bits per heavy atom. The van der Waals surface area contributed by atoms with E-state index in [1.165, 1.54) is 14.2 Å². The van der Waals surface area contributed by atoms with E-state index in [-0.39, 0.29) is 23.8 Å². The van der Waals surface area contributed by atoms with Gasteiger partial charge in [0.2, 0.25) is 0 Å². The van der Waals surface area contributed by atoms with E-state index in [4.69, 9.17) is 9.47 Å². The number of carbonyl (C=O) groups excluding carboxylic acids is 2. The zero-order valence-electron chi connectivity index (χ0n) is 18.2. The van der Waals surface area contributed by atoms with Gasteiger partial charge in [0.1, 0.15) is 5.82 Å². The average molecular weight is 435 g/mol. The predicted molar refractivity (Wildman–Crippen MR) is 117 cm³/mol. The van der Waals surface area contributed by atoms with Crippen molar-refractivity contribution >= 4 is 11.8 Å². The molecule has 9 nitrogen and oxygen atoms in total. The summed E-state index contributed by atoms with van der Waals surface area (Å²) in [6.07, 6.45) is 0. The number of H-pyrrole nitrogens is 1. The lowest BCUT2D eigenvalue weighted by Crippen LogP contribution is -2.40. The van der Waals surface area contributed by atoms with Crippen LogP contribution in [-0.4, -0.2) is 65.2 Å². The maximum Gasteiger partial charge on any atom is 0.257 e. The van der Waals surface area contributed by atoms with Gasteiger partial charge in [0.15, 0.2) is 17.3 Å². The largest absolute Gasteiger partial charge is 0.493 e. The Kier molecular flexibility index (Phi) is 6.07. The van der Waals surface area contributed by atoms with Crippen molar-refractivity contribution in [2.45, 2.75) is 18.9 Å². The van der Waals surface area contributed by atoms with E-state index >= 15 is 0 Å². The molecule has 32 heavy (non-hydrogen) atoms. The molecule has 2 amide bonds. The fraction of sp³-hybridized carbons (Fsp3) is 0.304. The quantitative estimate of drug-likeness (QED) is 0.614. The van der Waals surface area contributed by atoms with E-state index in [2.05, 4.69) is 20.5 Å². The van der Waals surface area contributed by atoms with Crippen LogP contribution in [0.4, 0.5) is 0 Å². The number of aromatic amines is 1. The Morgan fingerprint density at radius 2 is 1.84 bits per heavy atom. The fourth-order valence-electron chi connectivity index (χ4n) is 3.97. The molecule has 0 saturated carbocycles. The normalized spacial score (nSPS) is 17.8. The number of benzene rings is 2. The minimum absolute atomic E-state index is 0.207. The van der Waals surface area contributed by atoms with Gasteiger partial charge in [-0.1, -0.05) is 24.3 Å². The molecule has 2 aromatic carbocycles. The summed E-state index contributed by atoms with van der Waals surface area (Å²) in [6.45, 7) is 2.49. The highest BCUT2D eigenvalue weighted by Gasteiger charge is 2.40. The monoisotopic (exact) mass is 435 g/mol. The molecule has 1 aliphatic rings. The van der Waals surface area contributed by atoms with Crippen LogP contribution >= 0.6 is 0 Å². The third-order valence-corrected chi connectivity index (χ3v) is 5.54. The van der Waals surface area contributed by atoms with Crippen molar-refractivity contribution in [3.05, 3.63) is 71.3 Å². The highest BCUT2D eigenvalue weighted by atomic mass is 16.5. The maximum atomic E-state index is 13.4. The molecule has 2 atom stereocenters. The number of nitrogens with zero attached hydrogens (tertiary/aromatic N) is 3. The van der Waals surface area contributed by atoms with Gasteiger partial charge in [-0.25, -0.2) is 4.98 Å². The zero-order chi connectivity index (χ0) is 22.7. The van der Waals surface area contributed by atoms with Gasteiger partial charge in [-0.05, 0) is 31.2 Å². The molecular weight excluding hydrogens is 410 g/mol. The minimum Gasteiger partial charge on any atom is -0.493 e. The van der Waals surface area contributed by atoms with Gasteiger partial charge in [0, 0.05) is 18.7 Å². The molecule has 0 bridgehead atoms. The van der Waals surface area contributed by atoms with Gasteiger partial charge in [0.05, 0.1) is 31.7 Å². The molecule has 9 heteroatoms. The average Bonchev–Trinajstić information content (AvgIpc) is 3.44. The smallest absolute Gasteiger partial charge is 0.257 e. The van der Waals surface area contributed by atoms with Crippen molar-refractivity contribution in [3.8, 4) is 11.5 Å². The number of rotatable bonds is 6. The van der Waals surface area contributed by atoms with Gasteiger partial charge in [0.25, 0.3) is 11.8 Å². The molecule has 0 radical (unpaired) electrons. The minimum atomic E-state index is -0.349. The van der Waals surface area contributed by atoms with E-state index < -0.39 is 0 Å². The van der Waals surface area contributed by atoms with Gasteiger partial charge in [-0.3, -0.25) is 14.7 Å². The van der Waals surface area contributed by atoms with Crippen LogP contribution in [0.5, 0.6) is 11.5 Å². The van der Waals surface area contributed by atoms with E-state index in [0.717, 1.165) is 0 Å². The molecule has 1 saturated heterocycles. The summed E-state index contributed by atoms with van der Waals surface area (Å²) in [5, 5.41) is 10.2. The predicted octanol–water partition coefficient (Wildman–Crippen LogP) is 2.17. The van der Waals surface area contributed by atoms with E-state index in [9.17, 15) is 9.59 Å². The molecule has 3 aromatic rings. The lowest BCUT2D eigenvalue weighted by molar-refractivity contribution is 0.0778. The summed E-state index contributed by atoms with van der Waals surface area (Å²) in [7, 11) is 3.03. The number of nitrogens with one attached hydrogen (secondary N) is 2. The summed E-state index contributed by atoms with van der Waals surface area (Å²) < 4.78 is 10.8. The number of aryl methyl sites for hydroxylation is 1. The van der Waals surface area contributed by atoms with Crippen LogP contribution in [0.1, 0.15) is 38.3 Å². The number of likely N-dealkylation sites (tertiary alicyclic amines) is 1. The second kappa shape index (κ2) is 9.09. The Morgan fingerprint density at radius 1 is 1.06 bits per heavy atom. The first-order valence-electron chi connectivity index (χ1n) is 10.3. The Hall–Kier alpha value is -3.88. The molecule has 1 aromatic heterocycles. The van der Waals surface area contributed by atoms with Crippen molar-refractivity contribution in [2.75, 3.05) is 27.3 Å². The third kappa shape index (κ3) is 4.14. The van der Waals surface area contributed by atoms with Crippen LogP contribution in [0.25, 0.3) is 0 Å². The maximum absolute atomic E-state index is 13.4. The van der Waals surface area contributed by atoms with Gasteiger partial charge >= 0.3 is 0 Å². The van der Waals surface area contributed by atoms with E-state index in [1.54, 1.807) is 35.2 Å². The topological polar surface area (TPSA) is 109 Å². The van der Waals surface area contributed by atoms with E-state index in [0.29, 0.717) is 47.4 Å². The van der Waals surface area contributed by atoms with E-state index in [1.807, 2.05) is 25.1 Å². The second-order valence-electron chi connectivity index (χ2n) is 7.58. The van der Waals surface area contributed by atoms with Crippen molar-refractivity contribution < 1.29 is 19.1 Å². The van der Waals surface area contributed by atoms with Crippen LogP contribution in [-0.2, 0) is 0 Å². The summed E-state index contributed by atoms with van der Waals surface area (Å²) in [4.78, 5) is 32.4. The summed E-state index contributed by atoms with van der Waals surface area (Å²) in [5.74, 6) is 1.42. The van der Waals surface area contributed by atoms with Crippen LogP contribution in [0.3, 0.4) is 0 Å². The molecule has 2 heterocycles. The summed E-state index contributed by atoms with van der Waals surface area (Å²) in [5.41, 5.74) is 0.948. The molecule has 4 rings (SSSR count). The lowest BCUT2D eigenvalue weighted by atomic mass is 10.0. The zero-order valence-corrected chi connectivity index (χ0v) is 18.2. The highest BCUT2D eigenvalue weighted by Crippen LogP contribution is 2.34. The van der Waals surface area contributed by atoms with Crippen LogP contribution < -0.4 is 14.8 Å². The van der Waals surface area contributed by atoms with Crippen molar-refractivity contribution in [2.24, 2.45) is 0 Å². The molecule has 0 aliphatic carbocycles. The first-order chi connectivity index (χ1) is 15.5. The molecule has 0 spiro atoms. The van der Waals surface area contributed by atoms with Crippen LogP contribution in [0.2, 0.25) is 0 Å². The van der Waals surface area contributed by atoms with Gasteiger partial charge in [-0.2, -0.15) is 5.10 Å². The number of hydrogen-bond acceptors (Lipinski definition) is 6. The third-order valence-electron chi connectivity index (χ3n) is 5.54. The summed E-state index contributed by atoms with van der Waals surface area (Å²) >= 11 is 0. The second-order valence-corrected chi connectivity index (χ2v) is 7.58. The molecule has 166 valence electrons. The van der Waals surface area contributed by atoms with Gasteiger partial charge < -0.3 is 19.7 Å². The molecule has 0 unspecified atom stereocenters. The van der Waals surface area contributed by atoms with Crippen molar-refractivity contribution in [1.29, 1.82) is 0 Å². The van der Waals surface area contributed by atoms with Crippen molar-refractivity contribution in [3.63, 3.8) is 0 Å². The van der Waals surface area contributed by atoms with Crippen LogP contribution in [0, 0.1) is 6.92 Å². The molecule has 1 aliphatic heterocycles. The Labute approximate surface area is 185 Å². The number of para-hydroxylation sites is 1. The first-order valence-corrected chi connectivity index (χ1v) is 10.3. The number of amides is 2. The standard InChI is InChI=1S/C23H25N5O4/c1-14-24-21(27-26-14)17-12-28(13-18(17)25-22(29)15-8-5-4-6-9-15)23(30)16-10-7-11-19(31-2)20(16)32-3/h4-11,17-18H,12-13H2,1-3H3,(H,25,29)(H,24,26,27)/t17-,18-/m1/s1. The number of carbonyl (C=O) groups is 2. The molecular formula is C23H25N5O4.